The first-order valence-corrected chi connectivity index (χ1v) is 7.27. The number of aliphatic hydroxyl groups excluding tert-OH is 1. The molecule has 4 nitrogen and oxygen atoms in total. The zero-order chi connectivity index (χ0) is 13.2. The molecule has 3 atom stereocenters. The van der Waals surface area contributed by atoms with Gasteiger partial charge in [0.2, 0.25) is 0 Å². The van der Waals surface area contributed by atoms with Crippen LogP contribution in [0.15, 0.2) is 18.5 Å². The van der Waals surface area contributed by atoms with Crippen LogP contribution < -0.4 is 4.90 Å². The summed E-state index contributed by atoms with van der Waals surface area (Å²) in [5.74, 6) is 0.181. The smallest absolute Gasteiger partial charge is 0.0822 e. The number of hydrogen-bond donors (Lipinski definition) is 1. The van der Waals surface area contributed by atoms with Gasteiger partial charge in [-0.2, -0.15) is 0 Å². The highest BCUT2D eigenvalue weighted by Gasteiger charge is 2.38. The number of pyridine rings is 1. The molecule has 5 heteroatoms. The highest BCUT2D eigenvalue weighted by Crippen LogP contribution is 2.36. The van der Waals surface area contributed by atoms with Crippen LogP contribution in [0.5, 0.6) is 0 Å². The van der Waals surface area contributed by atoms with E-state index in [1.165, 1.54) is 0 Å². The molecule has 1 aromatic heterocycles. The van der Waals surface area contributed by atoms with Gasteiger partial charge in [0, 0.05) is 37.5 Å². The van der Waals surface area contributed by atoms with E-state index in [9.17, 15) is 5.11 Å². The standard InChI is InChI=1S/C14H19ClN2O2/c15-11-8-16-5-3-13(11)17-6-1-2-12(17)10-9-19-7-4-14(10)18/h3,5,8,10,12,14,18H,1-2,4,6-7,9H2. The predicted octanol–water partition coefficient (Wildman–Crippen LogP) is 2.10. The van der Waals surface area contributed by atoms with Gasteiger partial charge < -0.3 is 14.7 Å². The van der Waals surface area contributed by atoms with Crippen LogP contribution in [0.4, 0.5) is 5.69 Å². The largest absolute Gasteiger partial charge is 0.393 e. The number of aliphatic hydroxyl groups is 1. The van der Waals surface area contributed by atoms with E-state index in [4.69, 9.17) is 16.3 Å². The molecule has 0 aliphatic carbocycles. The number of ether oxygens (including phenoxy) is 1. The van der Waals surface area contributed by atoms with Crippen LogP contribution in [0.1, 0.15) is 19.3 Å². The molecule has 1 N–H and O–H groups in total. The van der Waals surface area contributed by atoms with E-state index in [0.29, 0.717) is 24.3 Å². The van der Waals surface area contributed by atoms with E-state index in [1.54, 1.807) is 12.4 Å². The van der Waals surface area contributed by atoms with E-state index in [1.807, 2.05) is 6.07 Å². The van der Waals surface area contributed by atoms with Gasteiger partial charge in [-0.05, 0) is 25.3 Å². The molecule has 0 aromatic carbocycles. The maximum absolute atomic E-state index is 10.2. The van der Waals surface area contributed by atoms with Crippen molar-refractivity contribution in [3.63, 3.8) is 0 Å². The van der Waals surface area contributed by atoms with Crippen LogP contribution in [0.25, 0.3) is 0 Å². The molecule has 0 saturated carbocycles. The average Bonchev–Trinajstić information content (AvgIpc) is 2.89. The lowest BCUT2D eigenvalue weighted by molar-refractivity contribution is -0.0437. The van der Waals surface area contributed by atoms with Gasteiger partial charge in [-0.1, -0.05) is 11.6 Å². The first-order valence-electron chi connectivity index (χ1n) is 6.89. The Kier molecular flexibility index (Phi) is 3.91. The van der Waals surface area contributed by atoms with Crippen LogP contribution in [0.3, 0.4) is 0 Å². The number of nitrogens with zero attached hydrogens (tertiary/aromatic N) is 2. The Morgan fingerprint density at radius 3 is 3.11 bits per heavy atom. The second-order valence-electron chi connectivity index (χ2n) is 5.32. The monoisotopic (exact) mass is 282 g/mol. The Bertz CT molecular complexity index is 443. The highest BCUT2D eigenvalue weighted by molar-refractivity contribution is 6.33. The molecule has 0 spiro atoms. The van der Waals surface area contributed by atoms with Crippen molar-refractivity contribution in [3.8, 4) is 0 Å². The molecule has 2 aliphatic rings. The van der Waals surface area contributed by atoms with Gasteiger partial charge in [0.05, 0.1) is 23.4 Å². The Morgan fingerprint density at radius 1 is 1.42 bits per heavy atom. The van der Waals surface area contributed by atoms with Crippen molar-refractivity contribution < 1.29 is 9.84 Å². The molecule has 2 aliphatic heterocycles. The lowest BCUT2D eigenvalue weighted by Crippen LogP contribution is -2.46. The van der Waals surface area contributed by atoms with Crippen molar-refractivity contribution in [1.29, 1.82) is 0 Å². The van der Waals surface area contributed by atoms with E-state index in [2.05, 4.69) is 9.88 Å². The second kappa shape index (κ2) is 5.65. The average molecular weight is 283 g/mol. The van der Waals surface area contributed by atoms with Crippen LogP contribution in [0.2, 0.25) is 5.02 Å². The minimum absolute atomic E-state index is 0.181. The molecule has 0 bridgehead atoms. The molecule has 3 rings (SSSR count). The third-order valence-electron chi connectivity index (χ3n) is 4.22. The summed E-state index contributed by atoms with van der Waals surface area (Å²) < 4.78 is 5.55. The maximum Gasteiger partial charge on any atom is 0.0822 e. The molecule has 0 amide bonds. The third-order valence-corrected chi connectivity index (χ3v) is 4.51. The van der Waals surface area contributed by atoms with E-state index in [-0.39, 0.29) is 12.0 Å². The first kappa shape index (κ1) is 13.2. The number of aromatic nitrogens is 1. The number of rotatable bonds is 2. The molecule has 2 saturated heterocycles. The highest BCUT2D eigenvalue weighted by atomic mass is 35.5. The Morgan fingerprint density at radius 2 is 2.32 bits per heavy atom. The summed E-state index contributed by atoms with van der Waals surface area (Å²) >= 11 is 6.25. The molecule has 104 valence electrons. The summed E-state index contributed by atoms with van der Waals surface area (Å²) in [4.78, 5) is 6.35. The number of halogens is 1. The number of hydrogen-bond acceptors (Lipinski definition) is 4. The Balaban J connectivity index is 1.83. The van der Waals surface area contributed by atoms with Gasteiger partial charge in [-0.3, -0.25) is 4.98 Å². The first-order chi connectivity index (χ1) is 9.27. The summed E-state index contributed by atoms with van der Waals surface area (Å²) in [6.07, 6.45) is 6.14. The van der Waals surface area contributed by atoms with Crippen molar-refractivity contribution >= 4 is 17.3 Å². The van der Waals surface area contributed by atoms with Crippen molar-refractivity contribution in [2.24, 2.45) is 5.92 Å². The SMILES string of the molecule is OC1CCOCC1C1CCCN1c1ccncc1Cl. The van der Waals surface area contributed by atoms with Gasteiger partial charge >= 0.3 is 0 Å². The second-order valence-corrected chi connectivity index (χ2v) is 5.73. The van der Waals surface area contributed by atoms with E-state index in [0.717, 1.165) is 31.5 Å². The van der Waals surface area contributed by atoms with E-state index < -0.39 is 0 Å². The van der Waals surface area contributed by atoms with Crippen molar-refractivity contribution in [2.45, 2.75) is 31.4 Å². The summed E-state index contributed by atoms with van der Waals surface area (Å²) in [6, 6.07) is 2.27. The van der Waals surface area contributed by atoms with Crippen molar-refractivity contribution in [1.82, 2.24) is 4.98 Å². The fourth-order valence-corrected chi connectivity index (χ4v) is 3.48. The fourth-order valence-electron chi connectivity index (χ4n) is 3.25. The van der Waals surface area contributed by atoms with Gasteiger partial charge in [0.1, 0.15) is 0 Å². The summed E-state index contributed by atoms with van der Waals surface area (Å²) in [6.45, 7) is 2.29. The minimum atomic E-state index is -0.264. The molecule has 19 heavy (non-hydrogen) atoms. The van der Waals surface area contributed by atoms with Crippen LogP contribution >= 0.6 is 11.6 Å². The van der Waals surface area contributed by atoms with E-state index >= 15 is 0 Å². The number of anilines is 1. The van der Waals surface area contributed by atoms with Gasteiger partial charge in [-0.25, -0.2) is 0 Å². The van der Waals surface area contributed by atoms with Crippen LogP contribution in [0, 0.1) is 5.92 Å². The molecule has 3 heterocycles. The van der Waals surface area contributed by atoms with Crippen molar-refractivity contribution in [3.05, 3.63) is 23.5 Å². The van der Waals surface area contributed by atoms with Crippen LogP contribution in [-0.4, -0.2) is 42.0 Å². The summed E-state index contributed by atoms with van der Waals surface area (Å²) in [5.41, 5.74) is 1.02. The molecular formula is C14H19ClN2O2. The topological polar surface area (TPSA) is 45.6 Å². The van der Waals surface area contributed by atoms with Crippen LogP contribution in [-0.2, 0) is 4.74 Å². The molecule has 3 unspecified atom stereocenters. The minimum Gasteiger partial charge on any atom is -0.393 e. The predicted molar refractivity (Wildman–Crippen MR) is 74.5 cm³/mol. The molecule has 1 aromatic rings. The normalized spacial score (nSPS) is 31.7. The Hall–Kier alpha value is -0.840. The van der Waals surface area contributed by atoms with Gasteiger partial charge in [0.15, 0.2) is 0 Å². The maximum atomic E-state index is 10.2. The van der Waals surface area contributed by atoms with Gasteiger partial charge in [-0.15, -0.1) is 0 Å². The zero-order valence-electron chi connectivity index (χ0n) is 10.8. The van der Waals surface area contributed by atoms with Crippen molar-refractivity contribution in [2.75, 3.05) is 24.7 Å². The fraction of sp³-hybridized carbons (Fsp3) is 0.643. The Labute approximate surface area is 118 Å². The summed E-state index contributed by atoms with van der Waals surface area (Å²) in [5, 5.41) is 10.9. The quantitative estimate of drug-likeness (QED) is 0.902. The lowest BCUT2D eigenvalue weighted by atomic mass is 9.89. The third kappa shape index (κ3) is 2.57. The molecular weight excluding hydrogens is 264 g/mol. The molecule has 0 radical (unpaired) electrons. The molecule has 2 fully saturated rings. The zero-order valence-corrected chi connectivity index (χ0v) is 11.6. The summed E-state index contributed by atoms with van der Waals surface area (Å²) in [7, 11) is 0. The van der Waals surface area contributed by atoms with Gasteiger partial charge in [0.25, 0.3) is 0 Å². The lowest BCUT2D eigenvalue weighted by Gasteiger charge is -2.38.